The standard InChI is InChI=1S/C28H36N4O3S/c29-25-7-4-12-32(25)26(33)18-30-27-14-20-13-21(15-27)17-28(16-20,19-27)31-36(34,35)24-10-8-23(9-11-24)22-5-2-1-3-6-22/h1-3,5-6,8-11,20-21,25,30-31H,4,7,12-19,29H2/t20?,21?,25-,27?,28?/m0/s1. The van der Waals surface area contributed by atoms with E-state index in [2.05, 4.69) is 10.0 Å². The largest absolute Gasteiger partial charge is 0.326 e. The predicted octanol–water partition coefficient (Wildman–Crippen LogP) is 3.22. The number of nitrogens with two attached hydrogens (primary N) is 1. The summed E-state index contributed by atoms with van der Waals surface area (Å²) >= 11 is 0. The van der Waals surface area contributed by atoms with E-state index in [1.807, 2.05) is 42.5 Å². The van der Waals surface area contributed by atoms with E-state index >= 15 is 0 Å². The van der Waals surface area contributed by atoms with Crippen LogP contribution in [0.5, 0.6) is 0 Å². The third-order valence-electron chi connectivity index (χ3n) is 8.92. The van der Waals surface area contributed by atoms with Gasteiger partial charge >= 0.3 is 0 Å². The van der Waals surface area contributed by atoms with E-state index in [4.69, 9.17) is 5.73 Å². The molecule has 7 nitrogen and oxygen atoms in total. The molecule has 4 aliphatic carbocycles. The number of nitrogens with one attached hydrogen (secondary N) is 2. The number of carbonyl (C=O) groups excluding carboxylic acids is 1. The Hall–Kier alpha value is -2.26. The van der Waals surface area contributed by atoms with Crippen LogP contribution in [0.2, 0.25) is 0 Å². The second-order valence-electron chi connectivity index (χ2n) is 11.7. The molecule has 5 aliphatic rings. The summed E-state index contributed by atoms with van der Waals surface area (Å²) in [5.74, 6) is 1.01. The predicted molar refractivity (Wildman–Crippen MR) is 139 cm³/mol. The summed E-state index contributed by atoms with van der Waals surface area (Å²) in [6, 6.07) is 17.1. The Kier molecular flexibility index (Phi) is 5.98. The van der Waals surface area contributed by atoms with Gasteiger partial charge in [0.1, 0.15) is 0 Å². The molecule has 1 heterocycles. The highest BCUT2D eigenvalue weighted by atomic mass is 32.2. The Labute approximate surface area is 213 Å². The van der Waals surface area contributed by atoms with Gasteiger partial charge in [0.25, 0.3) is 0 Å². The fourth-order valence-electron chi connectivity index (χ4n) is 7.86. The maximum absolute atomic E-state index is 13.5. The van der Waals surface area contributed by atoms with E-state index in [-0.39, 0.29) is 24.2 Å². The van der Waals surface area contributed by atoms with E-state index in [0.29, 0.717) is 16.7 Å². The number of amides is 1. The van der Waals surface area contributed by atoms with E-state index < -0.39 is 15.6 Å². The molecule has 0 aromatic heterocycles. The molecular weight excluding hydrogens is 472 g/mol. The van der Waals surface area contributed by atoms with Gasteiger partial charge in [-0.15, -0.1) is 0 Å². The summed E-state index contributed by atoms with van der Waals surface area (Å²) < 4.78 is 30.2. The molecule has 5 fully saturated rings. The zero-order chi connectivity index (χ0) is 25.0. The van der Waals surface area contributed by atoms with Gasteiger partial charge in [-0.25, -0.2) is 13.1 Å². The first-order valence-corrected chi connectivity index (χ1v) is 14.7. The first-order valence-electron chi connectivity index (χ1n) is 13.2. The van der Waals surface area contributed by atoms with Crippen molar-refractivity contribution in [2.24, 2.45) is 17.6 Å². The van der Waals surface area contributed by atoms with Crippen molar-refractivity contribution < 1.29 is 13.2 Å². The molecule has 3 atom stereocenters. The summed E-state index contributed by atoms with van der Waals surface area (Å²) in [6.07, 6.45) is 7.30. The van der Waals surface area contributed by atoms with Crippen molar-refractivity contribution in [3.63, 3.8) is 0 Å². The van der Waals surface area contributed by atoms with Crippen LogP contribution in [0.1, 0.15) is 51.4 Å². The van der Waals surface area contributed by atoms with Crippen molar-refractivity contribution >= 4 is 15.9 Å². The lowest BCUT2D eigenvalue weighted by Crippen LogP contribution is -2.69. The summed E-state index contributed by atoms with van der Waals surface area (Å²) in [7, 11) is -3.67. The van der Waals surface area contributed by atoms with Crippen molar-refractivity contribution in [3.05, 3.63) is 54.6 Å². The van der Waals surface area contributed by atoms with Crippen LogP contribution in [0, 0.1) is 11.8 Å². The van der Waals surface area contributed by atoms with Gasteiger partial charge in [-0.2, -0.15) is 0 Å². The van der Waals surface area contributed by atoms with Gasteiger partial charge in [0, 0.05) is 17.6 Å². The number of rotatable bonds is 7. The quantitative estimate of drug-likeness (QED) is 0.533. The molecule has 0 spiro atoms. The molecule has 1 amide bonds. The second-order valence-corrected chi connectivity index (χ2v) is 13.4. The second kappa shape index (κ2) is 8.94. The number of hydrogen-bond acceptors (Lipinski definition) is 5. The fourth-order valence-corrected chi connectivity index (χ4v) is 9.28. The SMILES string of the molecule is N[C@@H]1CCCN1C(=O)CNC12CC3CC(C1)CC(NS(=O)(=O)c1ccc(-c4ccccc4)cc1)(C3)C2. The Morgan fingerprint density at radius 2 is 1.58 bits per heavy atom. The van der Waals surface area contributed by atoms with E-state index in [0.717, 1.165) is 69.0 Å². The fraction of sp³-hybridized carbons (Fsp3) is 0.536. The molecule has 7 rings (SSSR count). The monoisotopic (exact) mass is 508 g/mol. The molecule has 4 bridgehead atoms. The van der Waals surface area contributed by atoms with Crippen molar-refractivity contribution in [1.82, 2.24) is 14.9 Å². The van der Waals surface area contributed by atoms with Crippen LogP contribution < -0.4 is 15.8 Å². The molecular formula is C28H36N4O3S. The topological polar surface area (TPSA) is 105 Å². The van der Waals surface area contributed by atoms with Crippen molar-refractivity contribution in [3.8, 4) is 11.1 Å². The molecule has 2 aromatic carbocycles. The molecule has 1 saturated heterocycles. The minimum absolute atomic E-state index is 0.0591. The lowest BCUT2D eigenvalue weighted by molar-refractivity contribution is -0.132. The normalized spacial score (nSPS) is 33.2. The summed E-state index contributed by atoms with van der Waals surface area (Å²) in [4.78, 5) is 14.9. The van der Waals surface area contributed by atoms with Gasteiger partial charge in [0.2, 0.25) is 15.9 Å². The van der Waals surface area contributed by atoms with Crippen molar-refractivity contribution in [2.45, 2.75) is 73.5 Å². The number of likely N-dealkylation sites (tertiary alicyclic amines) is 1. The lowest BCUT2D eigenvalue weighted by atomic mass is 9.50. The molecule has 1 aliphatic heterocycles. The first kappa shape index (κ1) is 24.1. The molecule has 0 radical (unpaired) electrons. The van der Waals surface area contributed by atoms with Gasteiger partial charge in [0.15, 0.2) is 0 Å². The number of sulfonamides is 1. The Morgan fingerprint density at radius 1 is 0.944 bits per heavy atom. The van der Waals surface area contributed by atoms with E-state index in [1.54, 1.807) is 17.0 Å². The zero-order valence-electron chi connectivity index (χ0n) is 20.7. The highest BCUT2D eigenvalue weighted by Crippen LogP contribution is 2.57. The van der Waals surface area contributed by atoms with Crippen LogP contribution in [0.3, 0.4) is 0 Å². The Balaban J connectivity index is 1.18. The third-order valence-corrected chi connectivity index (χ3v) is 10.5. The number of carbonyl (C=O) groups is 1. The summed E-state index contributed by atoms with van der Waals surface area (Å²) in [5.41, 5.74) is 7.51. The summed E-state index contributed by atoms with van der Waals surface area (Å²) in [6.45, 7) is 1.00. The van der Waals surface area contributed by atoms with Crippen LogP contribution in [-0.4, -0.2) is 49.6 Å². The molecule has 2 aromatic rings. The maximum atomic E-state index is 13.5. The highest BCUT2D eigenvalue weighted by Gasteiger charge is 2.58. The lowest BCUT2D eigenvalue weighted by Gasteiger charge is -2.62. The Morgan fingerprint density at radius 3 is 2.22 bits per heavy atom. The smallest absolute Gasteiger partial charge is 0.241 e. The molecule has 8 heteroatoms. The van der Waals surface area contributed by atoms with Gasteiger partial charge in [-0.05, 0) is 86.5 Å². The number of nitrogens with zero attached hydrogens (tertiary/aromatic N) is 1. The average Bonchev–Trinajstić information content (AvgIpc) is 3.28. The molecule has 192 valence electrons. The van der Waals surface area contributed by atoms with Crippen LogP contribution in [0.15, 0.2) is 59.5 Å². The van der Waals surface area contributed by atoms with Crippen LogP contribution in [0.25, 0.3) is 11.1 Å². The molecule has 2 unspecified atom stereocenters. The third kappa shape index (κ3) is 4.49. The van der Waals surface area contributed by atoms with E-state index in [1.165, 1.54) is 0 Å². The molecule has 36 heavy (non-hydrogen) atoms. The number of benzene rings is 2. The van der Waals surface area contributed by atoms with Gasteiger partial charge < -0.3 is 16.0 Å². The van der Waals surface area contributed by atoms with Gasteiger partial charge in [0.05, 0.1) is 17.6 Å². The zero-order valence-corrected chi connectivity index (χ0v) is 21.5. The van der Waals surface area contributed by atoms with Gasteiger partial charge in [-0.1, -0.05) is 42.5 Å². The highest BCUT2D eigenvalue weighted by molar-refractivity contribution is 7.89. The maximum Gasteiger partial charge on any atom is 0.241 e. The minimum Gasteiger partial charge on any atom is -0.326 e. The average molecular weight is 509 g/mol. The molecule has 4 saturated carbocycles. The van der Waals surface area contributed by atoms with Crippen LogP contribution in [0.4, 0.5) is 0 Å². The van der Waals surface area contributed by atoms with E-state index in [9.17, 15) is 13.2 Å². The van der Waals surface area contributed by atoms with Crippen molar-refractivity contribution in [2.75, 3.05) is 13.1 Å². The van der Waals surface area contributed by atoms with Crippen LogP contribution >= 0.6 is 0 Å². The minimum atomic E-state index is -3.67. The summed E-state index contributed by atoms with van der Waals surface area (Å²) in [5, 5.41) is 3.62. The molecule has 4 N–H and O–H groups in total. The Bertz CT molecular complexity index is 1220. The van der Waals surface area contributed by atoms with Crippen LogP contribution in [-0.2, 0) is 14.8 Å². The first-order chi connectivity index (χ1) is 17.2. The van der Waals surface area contributed by atoms with Crippen molar-refractivity contribution in [1.29, 1.82) is 0 Å². The van der Waals surface area contributed by atoms with Gasteiger partial charge in [-0.3, -0.25) is 4.79 Å². The number of hydrogen-bond donors (Lipinski definition) is 3.